The highest BCUT2D eigenvalue weighted by Crippen LogP contribution is 2.23. The van der Waals surface area contributed by atoms with Gasteiger partial charge in [-0.25, -0.2) is 4.98 Å². The second-order valence-electron chi connectivity index (χ2n) is 4.43. The Bertz CT molecular complexity index is 779. The lowest BCUT2D eigenvalue weighted by Gasteiger charge is -2.08. The minimum atomic E-state index is -4.81. The second-order valence-corrected chi connectivity index (χ2v) is 4.43. The van der Waals surface area contributed by atoms with E-state index in [0.29, 0.717) is 5.82 Å². The Morgan fingerprint density at radius 3 is 2.46 bits per heavy atom. The first kappa shape index (κ1) is 17.0. The van der Waals surface area contributed by atoms with E-state index >= 15 is 0 Å². The summed E-state index contributed by atoms with van der Waals surface area (Å²) in [6, 6.07) is 11.1. The maximum atomic E-state index is 12.2. The third-order valence-electron chi connectivity index (χ3n) is 2.74. The molecule has 0 bridgehead atoms. The van der Waals surface area contributed by atoms with Crippen molar-refractivity contribution in [3.63, 3.8) is 0 Å². The molecule has 0 saturated heterocycles. The van der Waals surface area contributed by atoms with Gasteiger partial charge in [0.1, 0.15) is 23.2 Å². The first-order chi connectivity index (χ1) is 11.4. The standard InChI is InChI=1S/C16H10F3N3O2/c17-16(18,19)24-13-6-4-11(5-7-13)15(23)12(9-20)10-22-14-3-1-2-8-21-14/h1-8,10H,(H,21,22)/b12-10-. The molecule has 0 unspecified atom stereocenters. The number of Topliss-reactive ketones (excluding diaryl/α,β-unsaturated/α-hetero) is 1. The number of anilines is 1. The average Bonchev–Trinajstić information content (AvgIpc) is 2.55. The fraction of sp³-hybridized carbons (Fsp3) is 0.0625. The summed E-state index contributed by atoms with van der Waals surface area (Å²) in [4.78, 5) is 16.1. The molecule has 8 heteroatoms. The maximum Gasteiger partial charge on any atom is 0.573 e. The van der Waals surface area contributed by atoms with Crippen LogP contribution in [-0.4, -0.2) is 17.1 Å². The summed E-state index contributed by atoms with van der Waals surface area (Å²) in [5.74, 6) is -0.653. The SMILES string of the molecule is N#C/C(=C/Nc1ccccn1)C(=O)c1ccc(OC(F)(F)F)cc1. The van der Waals surface area contributed by atoms with Crippen LogP contribution in [0.2, 0.25) is 0 Å². The molecule has 0 spiro atoms. The van der Waals surface area contributed by atoms with E-state index in [4.69, 9.17) is 5.26 Å². The van der Waals surface area contributed by atoms with E-state index in [2.05, 4.69) is 15.0 Å². The van der Waals surface area contributed by atoms with Crippen molar-refractivity contribution in [1.29, 1.82) is 5.26 Å². The van der Waals surface area contributed by atoms with Crippen molar-refractivity contribution >= 4 is 11.6 Å². The quantitative estimate of drug-likeness (QED) is 0.513. The zero-order valence-electron chi connectivity index (χ0n) is 12.0. The number of benzene rings is 1. The first-order valence-electron chi connectivity index (χ1n) is 6.57. The molecule has 0 aliphatic heterocycles. The van der Waals surface area contributed by atoms with E-state index < -0.39 is 17.9 Å². The predicted molar refractivity (Wildman–Crippen MR) is 79.0 cm³/mol. The van der Waals surface area contributed by atoms with Crippen molar-refractivity contribution in [2.24, 2.45) is 0 Å². The van der Waals surface area contributed by atoms with Crippen LogP contribution in [0.4, 0.5) is 19.0 Å². The molecule has 24 heavy (non-hydrogen) atoms. The highest BCUT2D eigenvalue weighted by atomic mass is 19.4. The van der Waals surface area contributed by atoms with Crippen molar-refractivity contribution in [2.45, 2.75) is 6.36 Å². The molecule has 1 aromatic heterocycles. The molecular weight excluding hydrogens is 323 g/mol. The van der Waals surface area contributed by atoms with Crippen LogP contribution in [0.15, 0.2) is 60.4 Å². The van der Waals surface area contributed by atoms with Crippen LogP contribution < -0.4 is 10.1 Å². The summed E-state index contributed by atoms with van der Waals surface area (Å²) >= 11 is 0. The van der Waals surface area contributed by atoms with E-state index in [0.717, 1.165) is 24.3 Å². The van der Waals surface area contributed by atoms with Crippen molar-refractivity contribution in [3.05, 3.63) is 66.0 Å². The first-order valence-corrected chi connectivity index (χ1v) is 6.57. The van der Waals surface area contributed by atoms with Gasteiger partial charge in [0.15, 0.2) is 0 Å². The van der Waals surface area contributed by atoms with Crippen LogP contribution in [0.25, 0.3) is 0 Å². The summed E-state index contributed by atoms with van der Waals surface area (Å²) in [6.45, 7) is 0. The van der Waals surface area contributed by atoms with E-state index in [1.165, 1.54) is 12.4 Å². The number of rotatable bonds is 5. The maximum absolute atomic E-state index is 12.2. The van der Waals surface area contributed by atoms with E-state index in [-0.39, 0.29) is 11.1 Å². The van der Waals surface area contributed by atoms with Crippen LogP contribution in [0.3, 0.4) is 0 Å². The van der Waals surface area contributed by atoms with E-state index in [1.807, 2.05) is 0 Å². The molecule has 1 heterocycles. The van der Waals surface area contributed by atoms with Gasteiger partial charge in [0.25, 0.3) is 0 Å². The lowest BCUT2D eigenvalue weighted by Crippen LogP contribution is -2.17. The number of nitrogens with zero attached hydrogens (tertiary/aromatic N) is 2. The Labute approximate surface area is 135 Å². The van der Waals surface area contributed by atoms with Crippen molar-refractivity contribution < 1.29 is 22.7 Å². The van der Waals surface area contributed by atoms with Gasteiger partial charge in [-0.3, -0.25) is 4.79 Å². The lowest BCUT2D eigenvalue weighted by atomic mass is 10.1. The van der Waals surface area contributed by atoms with Crippen molar-refractivity contribution in [3.8, 4) is 11.8 Å². The summed E-state index contributed by atoms with van der Waals surface area (Å²) in [7, 11) is 0. The van der Waals surface area contributed by atoms with Gasteiger partial charge in [0.2, 0.25) is 5.78 Å². The second kappa shape index (κ2) is 7.28. The number of hydrogen-bond acceptors (Lipinski definition) is 5. The Balaban J connectivity index is 2.12. The van der Waals surface area contributed by atoms with E-state index in [9.17, 15) is 18.0 Å². The van der Waals surface area contributed by atoms with Crippen LogP contribution in [0, 0.1) is 11.3 Å². The zero-order chi connectivity index (χ0) is 17.6. The summed E-state index contributed by atoms with van der Waals surface area (Å²) in [5, 5.41) is 11.8. The number of allylic oxidation sites excluding steroid dienone is 1. The normalized spacial score (nSPS) is 11.5. The molecule has 0 aliphatic carbocycles. The lowest BCUT2D eigenvalue weighted by molar-refractivity contribution is -0.274. The van der Waals surface area contributed by atoms with Gasteiger partial charge < -0.3 is 10.1 Å². The summed E-state index contributed by atoms with van der Waals surface area (Å²) < 4.78 is 40.0. The number of carbonyl (C=O) groups is 1. The van der Waals surface area contributed by atoms with Gasteiger partial charge in [-0.15, -0.1) is 13.2 Å². The Hall–Kier alpha value is -3.34. The fourth-order valence-electron chi connectivity index (χ4n) is 1.71. The van der Waals surface area contributed by atoms with Crippen LogP contribution in [0.5, 0.6) is 5.75 Å². The van der Waals surface area contributed by atoms with Crippen LogP contribution in [-0.2, 0) is 0 Å². The molecule has 0 atom stereocenters. The third kappa shape index (κ3) is 4.84. The molecule has 0 saturated carbocycles. The number of ketones is 1. The van der Waals surface area contributed by atoms with Crippen LogP contribution in [0.1, 0.15) is 10.4 Å². The molecule has 0 amide bonds. The predicted octanol–water partition coefficient (Wildman–Crippen LogP) is 3.68. The molecule has 122 valence electrons. The number of carbonyl (C=O) groups excluding carboxylic acids is 1. The number of pyridine rings is 1. The molecule has 0 radical (unpaired) electrons. The minimum absolute atomic E-state index is 0.0557. The monoisotopic (exact) mass is 333 g/mol. The number of halogens is 3. The summed E-state index contributed by atoms with van der Waals surface area (Å²) in [6.07, 6.45) is -2.09. The number of nitrogens with one attached hydrogen (secondary N) is 1. The minimum Gasteiger partial charge on any atom is -0.406 e. The molecule has 5 nitrogen and oxygen atoms in total. The van der Waals surface area contributed by atoms with Crippen molar-refractivity contribution in [2.75, 3.05) is 5.32 Å². The molecule has 2 aromatic rings. The number of aromatic nitrogens is 1. The van der Waals surface area contributed by atoms with E-state index in [1.54, 1.807) is 24.3 Å². The molecule has 0 aliphatic rings. The number of alkyl halides is 3. The summed E-state index contributed by atoms with van der Waals surface area (Å²) in [5.41, 5.74) is -0.162. The number of nitriles is 1. The number of ether oxygens (including phenoxy) is 1. The molecule has 0 fully saturated rings. The smallest absolute Gasteiger partial charge is 0.406 e. The molecule has 1 N–H and O–H groups in total. The van der Waals surface area contributed by atoms with Gasteiger partial charge in [-0.05, 0) is 36.4 Å². The van der Waals surface area contributed by atoms with Crippen LogP contribution >= 0.6 is 0 Å². The third-order valence-corrected chi connectivity index (χ3v) is 2.74. The van der Waals surface area contributed by atoms with Gasteiger partial charge in [0, 0.05) is 18.0 Å². The highest BCUT2D eigenvalue weighted by molar-refractivity contribution is 6.11. The van der Waals surface area contributed by atoms with Crippen molar-refractivity contribution in [1.82, 2.24) is 4.98 Å². The molecule has 2 rings (SSSR count). The zero-order valence-corrected chi connectivity index (χ0v) is 12.0. The Morgan fingerprint density at radius 2 is 1.92 bits per heavy atom. The van der Waals surface area contributed by atoms with Gasteiger partial charge in [0.05, 0.1) is 0 Å². The molecular formula is C16H10F3N3O2. The highest BCUT2D eigenvalue weighted by Gasteiger charge is 2.31. The van der Waals surface area contributed by atoms with Gasteiger partial charge >= 0.3 is 6.36 Å². The topological polar surface area (TPSA) is 75.0 Å². The molecule has 1 aromatic carbocycles. The fourth-order valence-corrected chi connectivity index (χ4v) is 1.71. The van der Waals surface area contributed by atoms with Gasteiger partial charge in [-0.1, -0.05) is 6.07 Å². The average molecular weight is 333 g/mol. The number of hydrogen-bond donors (Lipinski definition) is 1. The largest absolute Gasteiger partial charge is 0.573 e. The Kier molecular flexibility index (Phi) is 5.16. The van der Waals surface area contributed by atoms with Gasteiger partial charge in [-0.2, -0.15) is 5.26 Å². The Morgan fingerprint density at radius 1 is 1.21 bits per heavy atom.